The normalized spacial score (nSPS) is 11.5. The maximum Gasteiger partial charge on any atom is 0.416 e. The fourth-order valence-corrected chi connectivity index (χ4v) is 3.67. The topological polar surface area (TPSA) is 98.1 Å². The average molecular weight is 453 g/mol. The van der Waals surface area contributed by atoms with E-state index in [1.165, 1.54) is 6.07 Å². The number of aromatic nitrogens is 2. The first kappa shape index (κ1) is 22.1. The van der Waals surface area contributed by atoms with Gasteiger partial charge < -0.3 is 10.5 Å². The Hall–Kier alpha value is -4.14. The Morgan fingerprint density at radius 1 is 1.06 bits per heavy atom. The van der Waals surface area contributed by atoms with Crippen LogP contribution in [0.15, 0.2) is 65.5 Å². The molecule has 3 aromatic carbocycles. The van der Waals surface area contributed by atoms with Gasteiger partial charge in [0.2, 0.25) is 5.91 Å². The van der Waals surface area contributed by atoms with E-state index in [1.807, 2.05) is 18.2 Å². The minimum Gasteiger partial charge on any atom is -0.497 e. The zero-order valence-electron chi connectivity index (χ0n) is 17.4. The number of ether oxygens (including phenoxy) is 1. The summed E-state index contributed by atoms with van der Waals surface area (Å²) in [7, 11) is 1.56. The van der Waals surface area contributed by atoms with Crippen LogP contribution in [0.3, 0.4) is 0 Å². The molecule has 4 rings (SSSR count). The molecule has 168 valence electrons. The average Bonchev–Trinajstić information content (AvgIpc) is 2.80. The highest BCUT2D eigenvalue weighted by molar-refractivity contribution is 6.01. The first-order chi connectivity index (χ1) is 15.7. The molecule has 0 saturated carbocycles. The number of hydrogen-bond acceptors (Lipinski definition) is 4. The fraction of sp³-hybridized carbons (Fsp3) is 0.125. The van der Waals surface area contributed by atoms with Crippen molar-refractivity contribution in [1.82, 2.24) is 10.2 Å². The predicted octanol–water partition coefficient (Wildman–Crippen LogP) is 4.31. The molecule has 1 heterocycles. The molecule has 0 aliphatic carbocycles. The van der Waals surface area contributed by atoms with Crippen LogP contribution in [-0.2, 0) is 12.6 Å². The number of nitrogens with one attached hydrogen (secondary N) is 1. The van der Waals surface area contributed by atoms with Crippen LogP contribution in [0, 0.1) is 0 Å². The van der Waals surface area contributed by atoms with Crippen LogP contribution < -0.4 is 16.0 Å². The Morgan fingerprint density at radius 2 is 1.85 bits per heavy atom. The van der Waals surface area contributed by atoms with Crippen LogP contribution in [0.5, 0.6) is 5.75 Å². The van der Waals surface area contributed by atoms with Crippen molar-refractivity contribution in [2.45, 2.75) is 12.6 Å². The van der Waals surface area contributed by atoms with Gasteiger partial charge in [-0.3, -0.25) is 9.59 Å². The molecule has 0 aliphatic heterocycles. The molecule has 0 atom stereocenters. The van der Waals surface area contributed by atoms with Gasteiger partial charge in [0, 0.05) is 17.4 Å². The second-order valence-electron chi connectivity index (χ2n) is 7.41. The number of amides is 1. The van der Waals surface area contributed by atoms with E-state index in [4.69, 9.17) is 10.5 Å². The lowest BCUT2D eigenvalue weighted by molar-refractivity contribution is -0.137. The first-order valence-electron chi connectivity index (χ1n) is 9.83. The van der Waals surface area contributed by atoms with Gasteiger partial charge in [-0.15, -0.1) is 0 Å². The number of nitrogens with two attached hydrogens (primary N) is 1. The lowest BCUT2D eigenvalue weighted by atomic mass is 9.94. The Morgan fingerprint density at radius 3 is 2.55 bits per heavy atom. The molecule has 0 spiro atoms. The van der Waals surface area contributed by atoms with Crippen LogP contribution in [0.2, 0.25) is 0 Å². The molecule has 1 amide bonds. The predicted molar refractivity (Wildman–Crippen MR) is 117 cm³/mol. The summed E-state index contributed by atoms with van der Waals surface area (Å²) in [6, 6.07) is 14.6. The molecule has 9 heteroatoms. The number of methoxy groups -OCH3 is 1. The molecule has 1 aromatic heterocycles. The van der Waals surface area contributed by atoms with E-state index >= 15 is 0 Å². The zero-order valence-corrected chi connectivity index (χ0v) is 17.4. The van der Waals surface area contributed by atoms with Gasteiger partial charge in [-0.1, -0.05) is 24.3 Å². The van der Waals surface area contributed by atoms with E-state index < -0.39 is 23.2 Å². The molecule has 6 nitrogen and oxygen atoms in total. The van der Waals surface area contributed by atoms with Gasteiger partial charge >= 0.3 is 6.18 Å². The highest BCUT2D eigenvalue weighted by Gasteiger charge is 2.31. The summed E-state index contributed by atoms with van der Waals surface area (Å²) < 4.78 is 45.0. The number of benzene rings is 3. The number of fused-ring (bicyclic) bond motifs is 1. The van der Waals surface area contributed by atoms with Gasteiger partial charge in [-0.2, -0.15) is 18.3 Å². The van der Waals surface area contributed by atoms with Crippen molar-refractivity contribution >= 4 is 16.7 Å². The number of primary amides is 1. The molecule has 3 N–H and O–H groups in total. The smallest absolute Gasteiger partial charge is 0.416 e. The summed E-state index contributed by atoms with van der Waals surface area (Å²) in [5.74, 6) is -0.201. The number of halogens is 3. The Labute approximate surface area is 185 Å². The number of aromatic amines is 1. The Balaban J connectivity index is 1.85. The summed E-state index contributed by atoms with van der Waals surface area (Å²) in [6.45, 7) is 0. The van der Waals surface area contributed by atoms with Crippen molar-refractivity contribution in [1.29, 1.82) is 0 Å². The highest BCUT2D eigenvalue weighted by atomic mass is 19.4. The fourth-order valence-electron chi connectivity index (χ4n) is 3.67. The van der Waals surface area contributed by atoms with Crippen molar-refractivity contribution < 1.29 is 22.7 Å². The quantitative estimate of drug-likeness (QED) is 0.471. The number of alkyl halides is 3. The molecule has 0 aliphatic rings. The second kappa shape index (κ2) is 8.42. The summed E-state index contributed by atoms with van der Waals surface area (Å²) in [5, 5.41) is 7.36. The van der Waals surface area contributed by atoms with Gasteiger partial charge in [0.15, 0.2) is 0 Å². The number of hydrogen-bond donors (Lipinski definition) is 2. The van der Waals surface area contributed by atoms with Gasteiger partial charge in [0.1, 0.15) is 5.75 Å². The maximum absolute atomic E-state index is 13.3. The van der Waals surface area contributed by atoms with Gasteiger partial charge in [0.25, 0.3) is 5.56 Å². The van der Waals surface area contributed by atoms with Crippen molar-refractivity contribution in [2.24, 2.45) is 5.73 Å². The van der Waals surface area contributed by atoms with Crippen LogP contribution in [0.4, 0.5) is 13.2 Å². The van der Waals surface area contributed by atoms with Crippen molar-refractivity contribution in [3.8, 4) is 16.9 Å². The minimum absolute atomic E-state index is 0.00946. The SMILES string of the molecule is COc1cccc(Cc2n[nH]c(=O)c3cc(-c4cc(C(F)(F)F)ccc4C(N)=O)ccc23)c1. The van der Waals surface area contributed by atoms with Crippen LogP contribution in [0.25, 0.3) is 21.9 Å². The van der Waals surface area contributed by atoms with Crippen molar-refractivity contribution in [2.75, 3.05) is 7.11 Å². The number of nitrogens with zero attached hydrogens (tertiary/aromatic N) is 1. The molecule has 0 saturated heterocycles. The number of H-pyrrole nitrogens is 1. The number of rotatable bonds is 5. The van der Waals surface area contributed by atoms with E-state index in [2.05, 4.69) is 10.2 Å². The summed E-state index contributed by atoms with van der Waals surface area (Å²) in [6.07, 6.45) is -4.22. The third-order valence-corrected chi connectivity index (χ3v) is 5.30. The lowest BCUT2D eigenvalue weighted by Crippen LogP contribution is -2.15. The molecule has 0 radical (unpaired) electrons. The maximum atomic E-state index is 13.3. The minimum atomic E-state index is -4.60. The Bertz CT molecular complexity index is 1430. The van der Waals surface area contributed by atoms with Crippen molar-refractivity contribution in [3.63, 3.8) is 0 Å². The second-order valence-corrected chi connectivity index (χ2v) is 7.41. The monoisotopic (exact) mass is 453 g/mol. The third-order valence-electron chi connectivity index (χ3n) is 5.30. The van der Waals surface area contributed by atoms with Crippen LogP contribution in [-0.4, -0.2) is 23.2 Å². The van der Waals surface area contributed by atoms with Gasteiger partial charge in [0.05, 0.1) is 23.8 Å². The molecule has 0 bridgehead atoms. The molecular formula is C24H18F3N3O3. The van der Waals surface area contributed by atoms with E-state index in [0.29, 0.717) is 23.3 Å². The molecule has 33 heavy (non-hydrogen) atoms. The third kappa shape index (κ3) is 4.43. The molecule has 4 aromatic rings. The molecular weight excluding hydrogens is 435 g/mol. The van der Waals surface area contributed by atoms with E-state index in [-0.39, 0.29) is 22.1 Å². The van der Waals surface area contributed by atoms with Crippen LogP contribution in [0.1, 0.15) is 27.2 Å². The zero-order chi connectivity index (χ0) is 23.8. The summed E-state index contributed by atoms with van der Waals surface area (Å²) >= 11 is 0. The van der Waals surface area contributed by atoms with E-state index in [1.54, 1.807) is 25.3 Å². The Kier molecular flexibility index (Phi) is 5.63. The van der Waals surface area contributed by atoms with Crippen molar-refractivity contribution in [3.05, 3.63) is 93.4 Å². The largest absolute Gasteiger partial charge is 0.497 e. The summed E-state index contributed by atoms with van der Waals surface area (Å²) in [5.41, 5.74) is 5.58. The summed E-state index contributed by atoms with van der Waals surface area (Å²) in [4.78, 5) is 24.4. The molecule has 0 fully saturated rings. The number of carbonyl (C=O) groups excluding carboxylic acids is 1. The van der Waals surface area contributed by atoms with E-state index in [9.17, 15) is 22.8 Å². The molecule has 0 unspecified atom stereocenters. The van der Waals surface area contributed by atoms with E-state index in [0.717, 1.165) is 23.8 Å². The van der Waals surface area contributed by atoms with Gasteiger partial charge in [-0.25, -0.2) is 5.10 Å². The standard InChI is InChI=1S/C24H18F3N3O3/c1-33-16-4-2-3-13(9-16)10-21-17-7-5-14(11-20(17)23(32)30-29-21)19-12-15(24(25,26)27)6-8-18(19)22(28)31/h2-9,11-12H,10H2,1H3,(H2,28,31)(H,30,32). The van der Waals surface area contributed by atoms with Gasteiger partial charge in [-0.05, 0) is 53.1 Å². The van der Waals surface area contributed by atoms with Crippen LogP contribution >= 0.6 is 0 Å². The lowest BCUT2D eigenvalue weighted by Gasteiger charge is -2.13. The first-order valence-corrected chi connectivity index (χ1v) is 9.83. The number of carbonyl (C=O) groups is 1. The highest BCUT2D eigenvalue weighted by Crippen LogP contribution is 2.35.